The highest BCUT2D eigenvalue weighted by Crippen LogP contribution is 2.19. The maximum Gasteiger partial charge on any atom is 0.0278 e. The predicted molar refractivity (Wildman–Crippen MR) is 82.5 cm³/mol. The van der Waals surface area contributed by atoms with E-state index in [0.717, 1.165) is 6.54 Å². The number of nitrogens with one attached hydrogen (secondary N) is 1. The SMILES string of the molecule is CCC1(C)CN(CCCc2ccccc2)C(C)CN1. The van der Waals surface area contributed by atoms with Crippen molar-refractivity contribution in [2.24, 2.45) is 0 Å². The van der Waals surface area contributed by atoms with Crippen LogP contribution in [-0.2, 0) is 6.42 Å². The Hall–Kier alpha value is -0.860. The van der Waals surface area contributed by atoms with E-state index in [2.05, 4.69) is 61.3 Å². The second-order valence-electron chi connectivity index (χ2n) is 6.20. The summed E-state index contributed by atoms with van der Waals surface area (Å²) in [6.07, 6.45) is 3.66. The molecule has 0 aliphatic carbocycles. The topological polar surface area (TPSA) is 15.3 Å². The van der Waals surface area contributed by atoms with E-state index >= 15 is 0 Å². The Balaban J connectivity index is 1.81. The Morgan fingerprint density at radius 2 is 2.05 bits per heavy atom. The van der Waals surface area contributed by atoms with Gasteiger partial charge in [0.05, 0.1) is 0 Å². The first-order valence-corrected chi connectivity index (χ1v) is 7.66. The first kappa shape index (κ1) is 14.5. The number of nitrogens with zero attached hydrogens (tertiary/aromatic N) is 1. The molecule has 1 aromatic rings. The van der Waals surface area contributed by atoms with Crippen LogP contribution in [0.1, 0.15) is 39.2 Å². The first-order valence-electron chi connectivity index (χ1n) is 7.66. The largest absolute Gasteiger partial charge is 0.309 e. The van der Waals surface area contributed by atoms with E-state index in [0.29, 0.717) is 11.6 Å². The third kappa shape index (κ3) is 4.05. The number of rotatable bonds is 5. The van der Waals surface area contributed by atoms with Crippen molar-refractivity contribution in [1.29, 1.82) is 0 Å². The second-order valence-corrected chi connectivity index (χ2v) is 6.20. The van der Waals surface area contributed by atoms with Crippen molar-refractivity contribution < 1.29 is 0 Å². The van der Waals surface area contributed by atoms with Crippen LogP contribution < -0.4 is 5.32 Å². The summed E-state index contributed by atoms with van der Waals surface area (Å²) >= 11 is 0. The summed E-state index contributed by atoms with van der Waals surface area (Å²) in [5.41, 5.74) is 1.77. The fraction of sp³-hybridized carbons (Fsp3) is 0.647. The number of hydrogen-bond acceptors (Lipinski definition) is 2. The fourth-order valence-corrected chi connectivity index (χ4v) is 2.85. The minimum absolute atomic E-state index is 0.305. The van der Waals surface area contributed by atoms with Crippen molar-refractivity contribution in [1.82, 2.24) is 10.2 Å². The molecule has 0 radical (unpaired) electrons. The molecular weight excluding hydrogens is 232 g/mol. The van der Waals surface area contributed by atoms with Crippen molar-refractivity contribution in [3.8, 4) is 0 Å². The van der Waals surface area contributed by atoms with E-state index in [9.17, 15) is 0 Å². The Labute approximate surface area is 118 Å². The minimum Gasteiger partial charge on any atom is -0.309 e. The lowest BCUT2D eigenvalue weighted by atomic mass is 9.93. The van der Waals surface area contributed by atoms with Crippen molar-refractivity contribution in [2.75, 3.05) is 19.6 Å². The zero-order chi connectivity index (χ0) is 13.7. The average Bonchev–Trinajstić information content (AvgIpc) is 2.44. The summed E-state index contributed by atoms with van der Waals surface area (Å²) in [6.45, 7) is 10.5. The lowest BCUT2D eigenvalue weighted by Gasteiger charge is -2.45. The third-order valence-corrected chi connectivity index (χ3v) is 4.53. The summed E-state index contributed by atoms with van der Waals surface area (Å²) in [5, 5.41) is 3.69. The normalized spacial score (nSPS) is 28.5. The molecule has 0 saturated carbocycles. The monoisotopic (exact) mass is 260 g/mol. The van der Waals surface area contributed by atoms with Crippen molar-refractivity contribution >= 4 is 0 Å². The standard InChI is InChI=1S/C17H28N2/c1-4-17(3)14-19(15(2)13-18-17)12-8-11-16-9-6-5-7-10-16/h5-7,9-10,15,18H,4,8,11-14H2,1-3H3. The summed E-state index contributed by atoms with van der Waals surface area (Å²) < 4.78 is 0. The van der Waals surface area contributed by atoms with Gasteiger partial charge in [0.25, 0.3) is 0 Å². The van der Waals surface area contributed by atoms with Crippen LogP contribution in [0, 0.1) is 0 Å². The van der Waals surface area contributed by atoms with Gasteiger partial charge in [-0.2, -0.15) is 0 Å². The van der Waals surface area contributed by atoms with Crippen molar-refractivity contribution in [2.45, 2.75) is 51.6 Å². The summed E-state index contributed by atoms with van der Waals surface area (Å²) in [7, 11) is 0. The van der Waals surface area contributed by atoms with Crippen molar-refractivity contribution in [3.05, 3.63) is 35.9 Å². The van der Waals surface area contributed by atoms with Gasteiger partial charge < -0.3 is 5.32 Å². The van der Waals surface area contributed by atoms with Crippen LogP contribution in [0.3, 0.4) is 0 Å². The van der Waals surface area contributed by atoms with Gasteiger partial charge in [0.1, 0.15) is 0 Å². The maximum atomic E-state index is 3.69. The lowest BCUT2D eigenvalue weighted by Crippen LogP contribution is -2.61. The predicted octanol–water partition coefficient (Wildman–Crippen LogP) is 3.08. The molecule has 2 heteroatoms. The van der Waals surface area contributed by atoms with Crippen LogP contribution in [-0.4, -0.2) is 36.1 Å². The van der Waals surface area contributed by atoms with Crippen molar-refractivity contribution in [3.63, 3.8) is 0 Å². The van der Waals surface area contributed by atoms with E-state index in [-0.39, 0.29) is 0 Å². The van der Waals surface area contributed by atoms with Crippen LogP contribution in [0.25, 0.3) is 0 Å². The van der Waals surface area contributed by atoms with Gasteiger partial charge in [0.15, 0.2) is 0 Å². The molecule has 0 aromatic heterocycles. The molecule has 0 amide bonds. The van der Waals surface area contributed by atoms with E-state index in [1.54, 1.807) is 0 Å². The highest BCUT2D eigenvalue weighted by molar-refractivity contribution is 5.14. The van der Waals surface area contributed by atoms with Gasteiger partial charge in [-0.05, 0) is 45.2 Å². The number of aryl methyl sites for hydroxylation is 1. The van der Waals surface area contributed by atoms with E-state index < -0.39 is 0 Å². The Bertz CT molecular complexity index is 376. The lowest BCUT2D eigenvalue weighted by molar-refractivity contribution is 0.0922. The Morgan fingerprint density at radius 3 is 2.74 bits per heavy atom. The molecule has 2 atom stereocenters. The maximum absolute atomic E-state index is 3.69. The molecule has 2 rings (SSSR count). The molecule has 1 fully saturated rings. The molecule has 1 saturated heterocycles. The Morgan fingerprint density at radius 1 is 1.32 bits per heavy atom. The number of hydrogen-bond donors (Lipinski definition) is 1. The minimum atomic E-state index is 0.305. The van der Waals surface area contributed by atoms with Gasteiger partial charge in [-0.1, -0.05) is 37.3 Å². The molecule has 1 aliphatic heterocycles. The highest BCUT2D eigenvalue weighted by atomic mass is 15.2. The van der Waals surface area contributed by atoms with Gasteiger partial charge >= 0.3 is 0 Å². The number of benzene rings is 1. The molecule has 19 heavy (non-hydrogen) atoms. The van der Waals surface area contributed by atoms with Crippen LogP contribution in [0.2, 0.25) is 0 Å². The van der Waals surface area contributed by atoms with E-state index in [1.807, 2.05) is 0 Å². The average molecular weight is 260 g/mol. The smallest absolute Gasteiger partial charge is 0.0278 e. The molecule has 1 aromatic carbocycles. The number of piperazine rings is 1. The quantitative estimate of drug-likeness (QED) is 0.875. The van der Waals surface area contributed by atoms with E-state index in [1.165, 1.54) is 37.9 Å². The fourth-order valence-electron chi connectivity index (χ4n) is 2.85. The van der Waals surface area contributed by atoms with Gasteiger partial charge in [0.2, 0.25) is 0 Å². The Kier molecular flexibility index (Phi) is 5.00. The molecule has 1 N–H and O–H groups in total. The third-order valence-electron chi connectivity index (χ3n) is 4.53. The zero-order valence-electron chi connectivity index (χ0n) is 12.7. The molecule has 1 heterocycles. The summed E-state index contributed by atoms with van der Waals surface area (Å²) in [4.78, 5) is 2.66. The van der Waals surface area contributed by atoms with Gasteiger partial charge in [-0.3, -0.25) is 4.90 Å². The van der Waals surface area contributed by atoms with Crippen LogP contribution in [0.5, 0.6) is 0 Å². The highest BCUT2D eigenvalue weighted by Gasteiger charge is 2.31. The summed E-state index contributed by atoms with van der Waals surface area (Å²) in [6, 6.07) is 11.5. The molecule has 0 spiro atoms. The molecule has 2 nitrogen and oxygen atoms in total. The van der Waals surface area contributed by atoms with Crippen LogP contribution in [0.4, 0.5) is 0 Å². The molecule has 2 unspecified atom stereocenters. The second kappa shape index (κ2) is 6.53. The van der Waals surface area contributed by atoms with Crippen LogP contribution in [0.15, 0.2) is 30.3 Å². The van der Waals surface area contributed by atoms with Crippen LogP contribution >= 0.6 is 0 Å². The first-order chi connectivity index (χ1) is 9.13. The molecular formula is C17H28N2. The van der Waals surface area contributed by atoms with Gasteiger partial charge in [-0.15, -0.1) is 0 Å². The van der Waals surface area contributed by atoms with E-state index in [4.69, 9.17) is 0 Å². The van der Waals surface area contributed by atoms with Gasteiger partial charge in [0, 0.05) is 24.7 Å². The molecule has 0 bridgehead atoms. The molecule has 106 valence electrons. The van der Waals surface area contributed by atoms with Gasteiger partial charge in [-0.25, -0.2) is 0 Å². The summed E-state index contributed by atoms with van der Waals surface area (Å²) in [5.74, 6) is 0. The zero-order valence-corrected chi connectivity index (χ0v) is 12.7. The molecule has 1 aliphatic rings.